The van der Waals surface area contributed by atoms with Crippen LogP contribution < -0.4 is 10.6 Å². The van der Waals surface area contributed by atoms with Crippen LogP contribution >= 0.6 is 11.8 Å². The van der Waals surface area contributed by atoms with Gasteiger partial charge in [0.1, 0.15) is 0 Å². The average molecular weight is 267 g/mol. The first-order valence-electron chi connectivity index (χ1n) is 6.16. The molecule has 1 rings (SSSR count). The molecule has 0 fully saturated rings. The van der Waals surface area contributed by atoms with E-state index in [1.165, 1.54) is 0 Å². The van der Waals surface area contributed by atoms with Gasteiger partial charge in [0.2, 0.25) is 0 Å². The molecular weight excluding hydrogens is 246 g/mol. The Hall–Kier alpha value is -1.23. The van der Waals surface area contributed by atoms with Gasteiger partial charge in [-0.2, -0.15) is 11.8 Å². The Morgan fingerprint density at radius 1 is 1.56 bits per heavy atom. The molecule has 1 amide bonds. The highest BCUT2D eigenvalue weighted by molar-refractivity contribution is 7.98. The third-order valence-electron chi connectivity index (χ3n) is 2.43. The van der Waals surface area contributed by atoms with Gasteiger partial charge in [-0.15, -0.1) is 0 Å². The van der Waals surface area contributed by atoms with Crippen LogP contribution in [0.25, 0.3) is 0 Å². The van der Waals surface area contributed by atoms with Crippen LogP contribution in [0.3, 0.4) is 0 Å². The number of carbonyl (C=O) groups excluding carboxylic acids is 1. The van der Waals surface area contributed by atoms with E-state index in [0.29, 0.717) is 5.56 Å². The molecule has 1 aromatic rings. The van der Waals surface area contributed by atoms with Crippen molar-refractivity contribution < 1.29 is 4.79 Å². The average Bonchev–Trinajstić information content (AvgIpc) is 2.36. The van der Waals surface area contributed by atoms with Crippen molar-refractivity contribution in [3.63, 3.8) is 0 Å². The molecule has 0 radical (unpaired) electrons. The van der Waals surface area contributed by atoms with Crippen LogP contribution in [0.5, 0.6) is 0 Å². The SMILES string of the molecule is CCCNc1ccncc1C(=O)NC(C)CSC. The molecule has 5 heteroatoms. The largest absolute Gasteiger partial charge is 0.384 e. The molecular formula is C13H21N3OS. The first kappa shape index (κ1) is 14.8. The highest BCUT2D eigenvalue weighted by atomic mass is 32.2. The van der Waals surface area contributed by atoms with Gasteiger partial charge >= 0.3 is 0 Å². The normalized spacial score (nSPS) is 11.9. The van der Waals surface area contributed by atoms with Crippen molar-refractivity contribution >= 4 is 23.4 Å². The minimum absolute atomic E-state index is 0.0664. The van der Waals surface area contributed by atoms with Gasteiger partial charge < -0.3 is 10.6 Å². The summed E-state index contributed by atoms with van der Waals surface area (Å²) in [7, 11) is 0. The number of nitrogens with one attached hydrogen (secondary N) is 2. The van der Waals surface area contributed by atoms with Crippen LogP contribution in [0.1, 0.15) is 30.6 Å². The van der Waals surface area contributed by atoms with E-state index in [9.17, 15) is 4.79 Å². The fourth-order valence-electron chi connectivity index (χ4n) is 1.58. The van der Waals surface area contributed by atoms with Crippen LogP contribution in [-0.4, -0.2) is 35.5 Å². The van der Waals surface area contributed by atoms with Gasteiger partial charge in [-0.05, 0) is 25.7 Å². The fraction of sp³-hybridized carbons (Fsp3) is 0.538. The Kier molecular flexibility index (Phi) is 6.57. The van der Waals surface area contributed by atoms with Crippen LogP contribution in [-0.2, 0) is 0 Å². The predicted molar refractivity (Wildman–Crippen MR) is 78.3 cm³/mol. The number of pyridine rings is 1. The molecule has 1 aromatic heterocycles. The number of aromatic nitrogens is 1. The lowest BCUT2D eigenvalue weighted by molar-refractivity contribution is 0.0944. The molecule has 0 aliphatic heterocycles. The van der Waals surface area contributed by atoms with Crippen LogP contribution in [0.4, 0.5) is 5.69 Å². The predicted octanol–water partition coefficient (Wildman–Crippen LogP) is 2.38. The number of amides is 1. The molecule has 0 bridgehead atoms. The van der Waals surface area contributed by atoms with Crippen molar-refractivity contribution in [3.8, 4) is 0 Å². The Bertz CT molecular complexity index is 384. The summed E-state index contributed by atoms with van der Waals surface area (Å²) in [5.41, 5.74) is 1.46. The highest BCUT2D eigenvalue weighted by Crippen LogP contribution is 2.13. The van der Waals surface area contributed by atoms with Gasteiger partial charge in [-0.1, -0.05) is 6.92 Å². The molecule has 2 N–H and O–H groups in total. The van der Waals surface area contributed by atoms with Gasteiger partial charge in [0, 0.05) is 30.7 Å². The lowest BCUT2D eigenvalue weighted by atomic mass is 10.2. The van der Waals surface area contributed by atoms with Crippen molar-refractivity contribution in [3.05, 3.63) is 24.0 Å². The van der Waals surface area contributed by atoms with E-state index in [4.69, 9.17) is 0 Å². The van der Waals surface area contributed by atoms with E-state index in [1.54, 1.807) is 24.2 Å². The van der Waals surface area contributed by atoms with E-state index in [0.717, 1.165) is 24.4 Å². The highest BCUT2D eigenvalue weighted by Gasteiger charge is 2.13. The molecule has 100 valence electrons. The lowest BCUT2D eigenvalue weighted by Gasteiger charge is -2.15. The second kappa shape index (κ2) is 7.97. The summed E-state index contributed by atoms with van der Waals surface area (Å²) in [5.74, 6) is 0.840. The number of hydrogen-bond donors (Lipinski definition) is 2. The second-order valence-electron chi connectivity index (χ2n) is 4.18. The molecule has 1 atom stereocenters. The van der Waals surface area contributed by atoms with Gasteiger partial charge in [0.15, 0.2) is 0 Å². The molecule has 0 aromatic carbocycles. The van der Waals surface area contributed by atoms with Crippen LogP contribution in [0.2, 0.25) is 0 Å². The smallest absolute Gasteiger partial charge is 0.255 e. The molecule has 18 heavy (non-hydrogen) atoms. The monoisotopic (exact) mass is 267 g/mol. The molecule has 0 spiro atoms. The van der Waals surface area contributed by atoms with Crippen LogP contribution in [0.15, 0.2) is 18.5 Å². The molecule has 4 nitrogen and oxygen atoms in total. The molecule has 0 saturated carbocycles. The van der Waals surface area contributed by atoms with Gasteiger partial charge in [-0.3, -0.25) is 9.78 Å². The lowest BCUT2D eigenvalue weighted by Crippen LogP contribution is -2.34. The van der Waals surface area contributed by atoms with Crippen LogP contribution in [0, 0.1) is 0 Å². The first-order chi connectivity index (χ1) is 8.69. The molecule has 0 aliphatic rings. The number of rotatable bonds is 7. The summed E-state index contributed by atoms with van der Waals surface area (Å²) in [6, 6.07) is 2.00. The zero-order valence-corrected chi connectivity index (χ0v) is 12.0. The van der Waals surface area contributed by atoms with Crippen molar-refractivity contribution in [1.82, 2.24) is 10.3 Å². The van der Waals surface area contributed by atoms with E-state index in [1.807, 2.05) is 19.2 Å². The van der Waals surface area contributed by atoms with E-state index < -0.39 is 0 Å². The summed E-state index contributed by atoms with van der Waals surface area (Å²) in [6.45, 7) is 4.95. The Labute approximate surface area is 113 Å². The maximum atomic E-state index is 12.1. The quantitative estimate of drug-likeness (QED) is 0.796. The topological polar surface area (TPSA) is 54.0 Å². The Balaban J connectivity index is 2.71. The van der Waals surface area contributed by atoms with Crippen molar-refractivity contribution in [2.75, 3.05) is 23.9 Å². The molecule has 0 aliphatic carbocycles. The number of carbonyl (C=O) groups is 1. The minimum Gasteiger partial charge on any atom is -0.384 e. The van der Waals surface area contributed by atoms with Gasteiger partial charge in [0.25, 0.3) is 5.91 Å². The second-order valence-corrected chi connectivity index (χ2v) is 5.09. The zero-order valence-electron chi connectivity index (χ0n) is 11.2. The van der Waals surface area contributed by atoms with Crippen molar-refractivity contribution in [2.24, 2.45) is 0 Å². The molecule has 1 unspecified atom stereocenters. The number of thioether (sulfide) groups is 1. The van der Waals surface area contributed by atoms with Gasteiger partial charge in [0.05, 0.1) is 11.3 Å². The Morgan fingerprint density at radius 3 is 3.00 bits per heavy atom. The van der Waals surface area contributed by atoms with E-state index >= 15 is 0 Å². The Morgan fingerprint density at radius 2 is 2.33 bits per heavy atom. The molecule has 0 saturated heterocycles. The summed E-state index contributed by atoms with van der Waals surface area (Å²) >= 11 is 1.72. The van der Waals surface area contributed by atoms with E-state index in [2.05, 4.69) is 22.5 Å². The van der Waals surface area contributed by atoms with E-state index in [-0.39, 0.29) is 11.9 Å². The first-order valence-corrected chi connectivity index (χ1v) is 7.56. The summed E-state index contributed by atoms with van der Waals surface area (Å²) in [5, 5.41) is 6.22. The van der Waals surface area contributed by atoms with Gasteiger partial charge in [-0.25, -0.2) is 0 Å². The fourth-order valence-corrected chi connectivity index (χ4v) is 2.17. The summed E-state index contributed by atoms with van der Waals surface area (Å²) in [4.78, 5) is 16.1. The third kappa shape index (κ3) is 4.56. The zero-order chi connectivity index (χ0) is 13.4. The number of hydrogen-bond acceptors (Lipinski definition) is 4. The van der Waals surface area contributed by atoms with Crippen molar-refractivity contribution in [1.29, 1.82) is 0 Å². The molecule has 1 heterocycles. The summed E-state index contributed by atoms with van der Waals surface area (Å²) < 4.78 is 0. The number of nitrogens with zero attached hydrogens (tertiary/aromatic N) is 1. The minimum atomic E-state index is -0.0664. The maximum absolute atomic E-state index is 12.1. The maximum Gasteiger partial charge on any atom is 0.255 e. The summed E-state index contributed by atoms with van der Waals surface area (Å²) in [6.07, 6.45) is 6.35. The third-order valence-corrected chi connectivity index (χ3v) is 3.26. The van der Waals surface area contributed by atoms with Crippen molar-refractivity contribution in [2.45, 2.75) is 26.3 Å². The standard InChI is InChI=1S/C13H21N3OS/c1-4-6-15-12-5-7-14-8-11(12)13(17)16-10(2)9-18-3/h5,7-8,10H,4,6,9H2,1-3H3,(H,14,15)(H,16,17). The number of anilines is 1.